The molecule has 0 unspecified atom stereocenters. The van der Waals surface area contributed by atoms with E-state index in [9.17, 15) is 28.4 Å². The molecule has 0 spiro atoms. The maximum absolute atomic E-state index is 14.1. The number of hydrogen-bond acceptors (Lipinski definition) is 6. The molecule has 2 fully saturated rings. The molecule has 2 aliphatic heterocycles. The van der Waals surface area contributed by atoms with Crippen LogP contribution in [0.25, 0.3) is 0 Å². The van der Waals surface area contributed by atoms with Crippen LogP contribution in [0.4, 0.5) is 19.3 Å². The van der Waals surface area contributed by atoms with E-state index in [0.29, 0.717) is 29.9 Å². The Morgan fingerprint density at radius 2 is 1.87 bits per heavy atom. The van der Waals surface area contributed by atoms with Crippen molar-refractivity contribution in [1.29, 1.82) is 5.26 Å². The second-order valence-electron chi connectivity index (χ2n) is 10.8. The minimum atomic E-state index is -3.93. The fourth-order valence-corrected chi connectivity index (χ4v) is 7.44. The van der Waals surface area contributed by atoms with Gasteiger partial charge in [-0.2, -0.15) is 14.0 Å². The van der Waals surface area contributed by atoms with Crippen molar-refractivity contribution >= 4 is 64.2 Å². The van der Waals surface area contributed by atoms with Crippen LogP contribution in [-0.4, -0.2) is 53.0 Å². The SMILES string of the molecule is COc1c(N2CCCN(C3CC3)C2=O)cc2c(c1C#N)CN(C(=O)c1c(Sc3c(Cl)cccc3Cl)cc(C(F)(F)Cl)[nH]c1=O)C2. The minimum Gasteiger partial charge on any atom is -0.493 e. The molecule has 0 atom stereocenters. The Morgan fingerprint density at radius 3 is 2.49 bits per heavy atom. The molecule has 6 rings (SSSR count). The van der Waals surface area contributed by atoms with Crippen molar-refractivity contribution in [3.05, 3.63) is 78.7 Å². The van der Waals surface area contributed by atoms with Crippen LogP contribution in [0.1, 0.15) is 52.0 Å². The van der Waals surface area contributed by atoms with Gasteiger partial charge in [0, 0.05) is 42.0 Å². The number of hydrogen-bond donors (Lipinski definition) is 1. The molecule has 3 heterocycles. The molecule has 1 saturated carbocycles. The van der Waals surface area contributed by atoms with Crippen molar-refractivity contribution in [2.45, 2.75) is 53.6 Å². The Labute approximate surface area is 275 Å². The average molecular weight is 695 g/mol. The number of halogens is 5. The molecule has 234 valence electrons. The average Bonchev–Trinajstić information content (AvgIpc) is 3.75. The second-order valence-corrected chi connectivity index (χ2v) is 13.2. The molecule has 1 N–H and O–H groups in total. The first-order chi connectivity index (χ1) is 21.4. The smallest absolute Gasteiger partial charge is 0.362 e. The number of methoxy groups -OCH3 is 1. The molecule has 9 nitrogen and oxygen atoms in total. The summed E-state index contributed by atoms with van der Waals surface area (Å²) in [5.41, 5.74) is -0.737. The number of rotatable bonds is 7. The highest BCUT2D eigenvalue weighted by atomic mass is 35.5. The Balaban J connectivity index is 1.39. The van der Waals surface area contributed by atoms with Crippen molar-refractivity contribution in [3.8, 4) is 11.8 Å². The largest absolute Gasteiger partial charge is 0.493 e. The van der Waals surface area contributed by atoms with Gasteiger partial charge in [-0.3, -0.25) is 14.5 Å². The second kappa shape index (κ2) is 12.0. The lowest BCUT2D eigenvalue weighted by Crippen LogP contribution is -2.50. The maximum atomic E-state index is 14.1. The lowest BCUT2D eigenvalue weighted by Gasteiger charge is -2.36. The van der Waals surface area contributed by atoms with E-state index in [1.165, 1.54) is 24.1 Å². The summed E-state index contributed by atoms with van der Waals surface area (Å²) in [7, 11) is 1.41. The number of aromatic nitrogens is 1. The number of fused-ring (bicyclic) bond motifs is 1. The number of benzene rings is 2. The van der Waals surface area contributed by atoms with Crippen LogP contribution in [0.15, 0.2) is 44.9 Å². The molecular weight excluding hydrogens is 671 g/mol. The molecule has 0 radical (unpaired) electrons. The quantitative estimate of drug-likeness (QED) is 0.268. The monoisotopic (exact) mass is 693 g/mol. The third-order valence-electron chi connectivity index (χ3n) is 7.96. The molecule has 1 saturated heterocycles. The first-order valence-electron chi connectivity index (χ1n) is 13.9. The summed E-state index contributed by atoms with van der Waals surface area (Å²) in [5.74, 6) is -0.561. The number of nitrogens with zero attached hydrogens (tertiary/aromatic N) is 4. The topological polar surface area (TPSA) is 110 Å². The predicted octanol–water partition coefficient (Wildman–Crippen LogP) is 6.95. The zero-order valence-corrected chi connectivity index (χ0v) is 26.7. The van der Waals surface area contributed by atoms with E-state index in [1.54, 1.807) is 17.0 Å². The Bertz CT molecular complexity index is 1820. The van der Waals surface area contributed by atoms with E-state index < -0.39 is 28.1 Å². The molecule has 3 amide bonds. The summed E-state index contributed by atoms with van der Waals surface area (Å²) < 4.78 is 33.9. The molecule has 3 aliphatic rings. The van der Waals surface area contributed by atoms with Crippen molar-refractivity contribution in [2.24, 2.45) is 0 Å². The van der Waals surface area contributed by atoms with Gasteiger partial charge < -0.3 is 19.5 Å². The summed E-state index contributed by atoms with van der Waals surface area (Å²) in [6.45, 7) is 1.00. The normalized spacial score (nSPS) is 16.6. The van der Waals surface area contributed by atoms with E-state index in [-0.39, 0.29) is 56.3 Å². The van der Waals surface area contributed by atoms with Gasteiger partial charge in [-0.05, 0) is 66.3 Å². The number of carbonyl (C=O) groups excluding carboxylic acids is 2. The van der Waals surface area contributed by atoms with Crippen molar-refractivity contribution in [2.75, 3.05) is 25.1 Å². The van der Waals surface area contributed by atoms with Gasteiger partial charge in [0.15, 0.2) is 5.75 Å². The van der Waals surface area contributed by atoms with Crippen molar-refractivity contribution in [3.63, 3.8) is 0 Å². The number of nitriles is 1. The standard InChI is InChI=1S/C30H24Cl3F2N5O4S/c1-44-25-17(12-36)18-14-38(13-15(18)10-21(25)40-9-3-8-39(29(40)43)16-6-7-16)28(42)24-22(11-23(30(33,34)35)37-27(24)41)45-26-19(31)4-2-5-20(26)32/h2,4-5,10-11,16H,3,6-9,13-14H2,1H3,(H,37,41). The van der Waals surface area contributed by atoms with Crippen LogP contribution >= 0.6 is 46.6 Å². The predicted molar refractivity (Wildman–Crippen MR) is 166 cm³/mol. The van der Waals surface area contributed by atoms with Gasteiger partial charge in [0.05, 0.1) is 22.8 Å². The van der Waals surface area contributed by atoms with Crippen LogP contribution in [0, 0.1) is 11.3 Å². The maximum Gasteiger partial charge on any atom is 0.362 e. The third-order valence-corrected chi connectivity index (χ3v) is 10.2. The number of carbonyl (C=O) groups is 2. The first kappa shape index (κ1) is 31.5. The number of nitrogens with one attached hydrogen (secondary N) is 1. The molecule has 1 aromatic heterocycles. The molecular formula is C30H24Cl3F2N5O4S. The molecule has 45 heavy (non-hydrogen) atoms. The first-order valence-corrected chi connectivity index (χ1v) is 15.8. The number of anilines is 1. The van der Waals surface area contributed by atoms with Gasteiger partial charge in [0.2, 0.25) is 0 Å². The Morgan fingerprint density at radius 1 is 1.16 bits per heavy atom. The van der Waals surface area contributed by atoms with Gasteiger partial charge in [0.1, 0.15) is 22.9 Å². The number of aromatic amines is 1. The van der Waals surface area contributed by atoms with Crippen LogP contribution in [-0.2, 0) is 18.5 Å². The van der Waals surface area contributed by atoms with E-state index in [0.717, 1.165) is 37.1 Å². The summed E-state index contributed by atoms with van der Waals surface area (Å²) in [4.78, 5) is 47.6. The summed E-state index contributed by atoms with van der Waals surface area (Å²) in [5, 5.41) is 6.63. The van der Waals surface area contributed by atoms with E-state index in [1.807, 2.05) is 9.88 Å². The molecule has 0 bridgehead atoms. The zero-order valence-electron chi connectivity index (χ0n) is 23.6. The molecule has 1 aliphatic carbocycles. The molecule has 2 aromatic carbocycles. The van der Waals surface area contributed by atoms with E-state index >= 15 is 0 Å². The lowest BCUT2D eigenvalue weighted by molar-refractivity contribution is 0.0740. The number of pyridine rings is 1. The van der Waals surface area contributed by atoms with Crippen molar-refractivity contribution < 1.29 is 23.1 Å². The lowest BCUT2D eigenvalue weighted by atomic mass is 10.0. The Kier molecular flexibility index (Phi) is 8.41. The number of amides is 3. The number of ether oxygens (including phenoxy) is 1. The van der Waals surface area contributed by atoms with E-state index in [4.69, 9.17) is 39.5 Å². The summed E-state index contributed by atoms with van der Waals surface area (Å²) in [6.07, 6.45) is 2.64. The van der Waals surface area contributed by atoms with Gasteiger partial charge in [-0.25, -0.2) is 4.79 Å². The van der Waals surface area contributed by atoms with Crippen LogP contribution in [0.5, 0.6) is 5.75 Å². The summed E-state index contributed by atoms with van der Waals surface area (Å²) in [6, 6.07) is 9.52. The fourth-order valence-electron chi connectivity index (χ4n) is 5.70. The van der Waals surface area contributed by atoms with Gasteiger partial charge in [-0.1, -0.05) is 41.0 Å². The molecule has 15 heteroatoms. The highest BCUT2D eigenvalue weighted by Crippen LogP contribution is 2.44. The summed E-state index contributed by atoms with van der Waals surface area (Å²) >= 11 is 18.6. The van der Waals surface area contributed by atoms with Crippen LogP contribution in [0.2, 0.25) is 10.0 Å². The number of H-pyrrole nitrogens is 1. The highest BCUT2D eigenvalue weighted by molar-refractivity contribution is 7.99. The van der Waals surface area contributed by atoms with Gasteiger partial charge in [0.25, 0.3) is 11.5 Å². The van der Waals surface area contributed by atoms with E-state index in [2.05, 4.69) is 6.07 Å². The van der Waals surface area contributed by atoms with Crippen molar-refractivity contribution in [1.82, 2.24) is 14.8 Å². The third kappa shape index (κ3) is 5.83. The highest BCUT2D eigenvalue weighted by Gasteiger charge is 2.40. The van der Waals surface area contributed by atoms with Gasteiger partial charge >= 0.3 is 11.4 Å². The van der Waals surface area contributed by atoms with Crippen LogP contribution < -0.4 is 15.2 Å². The van der Waals surface area contributed by atoms with Crippen LogP contribution in [0.3, 0.4) is 0 Å². The Hall–Kier alpha value is -3.50. The molecule has 3 aromatic rings. The number of urea groups is 1. The minimum absolute atomic E-state index is 0.0158. The van der Waals surface area contributed by atoms with Gasteiger partial charge in [-0.15, -0.1) is 0 Å². The zero-order chi connectivity index (χ0) is 32.2. The number of alkyl halides is 3. The fraction of sp³-hybridized carbons (Fsp3) is 0.333.